The molecule has 1 saturated heterocycles. The van der Waals surface area contributed by atoms with E-state index in [1.807, 2.05) is 13.8 Å². The van der Waals surface area contributed by atoms with E-state index >= 15 is 0 Å². The van der Waals surface area contributed by atoms with Gasteiger partial charge in [0.25, 0.3) is 0 Å². The third kappa shape index (κ3) is 5.91. The minimum Gasteiger partial charge on any atom is -0.480 e. The number of hydrogen-bond acceptors (Lipinski definition) is 4. The lowest BCUT2D eigenvalue weighted by Gasteiger charge is -2.22. The van der Waals surface area contributed by atoms with Crippen LogP contribution in [0.5, 0.6) is 0 Å². The van der Waals surface area contributed by atoms with Gasteiger partial charge >= 0.3 is 12.1 Å². The predicted molar refractivity (Wildman–Crippen MR) is 80.4 cm³/mol. The van der Waals surface area contributed by atoms with Crippen molar-refractivity contribution in [3.8, 4) is 0 Å². The number of carboxylic acid groups (broad SMARTS) is 1. The molecule has 1 rings (SSSR count). The number of carbonyl (C=O) groups is 3. The number of hydrogen-bond donors (Lipinski definition) is 3. The van der Waals surface area contributed by atoms with Gasteiger partial charge in [-0.15, -0.1) is 0 Å². The van der Waals surface area contributed by atoms with Crippen LogP contribution >= 0.6 is 0 Å². The van der Waals surface area contributed by atoms with Gasteiger partial charge in [-0.1, -0.05) is 0 Å². The van der Waals surface area contributed by atoms with Crippen molar-refractivity contribution in [1.29, 1.82) is 0 Å². The molecular formula is C15H26N2O5. The first-order chi connectivity index (χ1) is 9.89. The zero-order valence-electron chi connectivity index (χ0n) is 13.9. The highest BCUT2D eigenvalue weighted by atomic mass is 16.6. The van der Waals surface area contributed by atoms with Crippen molar-refractivity contribution < 1.29 is 24.2 Å². The number of alkyl carbamates (subject to hydrolysis) is 1. The van der Waals surface area contributed by atoms with Gasteiger partial charge in [0.1, 0.15) is 11.6 Å². The third-order valence-electron chi connectivity index (χ3n) is 3.38. The van der Waals surface area contributed by atoms with Crippen LogP contribution in [0.3, 0.4) is 0 Å². The zero-order valence-corrected chi connectivity index (χ0v) is 13.9. The van der Waals surface area contributed by atoms with E-state index in [9.17, 15) is 19.5 Å². The molecule has 0 bridgehead atoms. The number of rotatable bonds is 5. The first kappa shape index (κ1) is 18.3. The fourth-order valence-electron chi connectivity index (χ4n) is 2.50. The van der Waals surface area contributed by atoms with Gasteiger partial charge in [-0.05, 0) is 53.9 Å². The quantitative estimate of drug-likeness (QED) is 0.716. The van der Waals surface area contributed by atoms with Crippen molar-refractivity contribution in [3.63, 3.8) is 0 Å². The fraction of sp³-hybridized carbons (Fsp3) is 0.800. The van der Waals surface area contributed by atoms with Crippen molar-refractivity contribution in [2.24, 2.45) is 5.92 Å². The first-order valence-corrected chi connectivity index (χ1v) is 7.44. The van der Waals surface area contributed by atoms with Crippen molar-refractivity contribution in [1.82, 2.24) is 10.6 Å². The van der Waals surface area contributed by atoms with E-state index in [2.05, 4.69) is 10.6 Å². The highest BCUT2D eigenvalue weighted by Gasteiger charge is 2.37. The second-order valence-corrected chi connectivity index (χ2v) is 7.39. The highest BCUT2D eigenvalue weighted by molar-refractivity contribution is 5.82. The maximum absolute atomic E-state index is 11.8. The van der Waals surface area contributed by atoms with Gasteiger partial charge in [-0.3, -0.25) is 4.79 Å². The maximum atomic E-state index is 11.8. The molecule has 126 valence electrons. The normalized spacial score (nSPS) is 21.9. The molecule has 1 heterocycles. The summed E-state index contributed by atoms with van der Waals surface area (Å²) in [5.41, 5.74) is -0.957. The molecule has 0 aromatic rings. The summed E-state index contributed by atoms with van der Waals surface area (Å²) in [7, 11) is 0. The molecule has 1 aliphatic heterocycles. The van der Waals surface area contributed by atoms with E-state index < -0.39 is 23.7 Å². The molecule has 0 saturated carbocycles. The summed E-state index contributed by atoms with van der Waals surface area (Å²) < 4.78 is 5.05. The Hall–Kier alpha value is -1.79. The van der Waals surface area contributed by atoms with Crippen LogP contribution in [0.4, 0.5) is 4.79 Å². The minimum absolute atomic E-state index is 0.0635. The standard InChI is InChI=1S/C15H26N2O5/c1-14(2,3)22-13(21)16-10(12(19)20)7-6-9-8-15(4,5)17-11(9)18/h9-10H,6-8H2,1-5H3,(H,16,21)(H,17,18)(H,19,20)/t9-,10+/m1/s1. The van der Waals surface area contributed by atoms with Crippen LogP contribution < -0.4 is 10.6 Å². The van der Waals surface area contributed by atoms with Gasteiger partial charge in [0.15, 0.2) is 0 Å². The first-order valence-electron chi connectivity index (χ1n) is 7.44. The molecule has 0 radical (unpaired) electrons. The largest absolute Gasteiger partial charge is 0.480 e. The molecule has 0 spiro atoms. The van der Waals surface area contributed by atoms with Crippen LogP contribution in [0.15, 0.2) is 0 Å². The Balaban J connectivity index is 2.54. The number of carbonyl (C=O) groups excluding carboxylic acids is 2. The SMILES string of the molecule is CC1(C)C[C@@H](CC[C@H](NC(=O)OC(C)(C)C)C(=O)O)C(=O)N1. The second-order valence-electron chi connectivity index (χ2n) is 7.39. The summed E-state index contributed by atoms with van der Waals surface area (Å²) in [6.45, 7) is 8.96. The number of nitrogens with one attached hydrogen (secondary N) is 2. The molecule has 7 heteroatoms. The molecule has 0 aromatic heterocycles. The Kier molecular flexibility index (Phi) is 5.43. The van der Waals surface area contributed by atoms with Crippen LogP contribution in [0, 0.1) is 5.92 Å². The number of amides is 2. The average molecular weight is 314 g/mol. The molecule has 0 aromatic carbocycles. The smallest absolute Gasteiger partial charge is 0.408 e. The van der Waals surface area contributed by atoms with Gasteiger partial charge in [0, 0.05) is 11.5 Å². The Labute approximate surface area is 130 Å². The lowest BCUT2D eigenvalue weighted by molar-refractivity contribution is -0.140. The van der Waals surface area contributed by atoms with E-state index in [0.29, 0.717) is 12.8 Å². The minimum atomic E-state index is -1.14. The van der Waals surface area contributed by atoms with Gasteiger partial charge in [0.2, 0.25) is 5.91 Å². The van der Waals surface area contributed by atoms with Crippen LogP contribution in [-0.2, 0) is 14.3 Å². The molecule has 2 atom stereocenters. The van der Waals surface area contributed by atoms with Crippen molar-refractivity contribution >= 4 is 18.0 Å². The summed E-state index contributed by atoms with van der Waals surface area (Å²) in [5.74, 6) is -1.42. The molecule has 1 aliphatic rings. The molecule has 0 unspecified atom stereocenters. The van der Waals surface area contributed by atoms with Gasteiger partial charge in [-0.2, -0.15) is 0 Å². The zero-order chi connectivity index (χ0) is 17.1. The lowest BCUT2D eigenvalue weighted by atomic mass is 9.92. The summed E-state index contributed by atoms with van der Waals surface area (Å²) >= 11 is 0. The molecular weight excluding hydrogens is 288 g/mol. The van der Waals surface area contributed by atoms with Crippen LogP contribution in [0.1, 0.15) is 53.9 Å². The van der Waals surface area contributed by atoms with E-state index in [-0.39, 0.29) is 23.8 Å². The molecule has 1 fully saturated rings. The monoisotopic (exact) mass is 314 g/mol. The van der Waals surface area contributed by atoms with Crippen molar-refractivity contribution in [2.75, 3.05) is 0 Å². The van der Waals surface area contributed by atoms with Gasteiger partial charge < -0.3 is 20.5 Å². The lowest BCUT2D eigenvalue weighted by Crippen LogP contribution is -2.43. The summed E-state index contributed by atoms with van der Waals surface area (Å²) in [4.78, 5) is 34.7. The Morgan fingerprint density at radius 2 is 2.05 bits per heavy atom. The van der Waals surface area contributed by atoms with E-state index in [1.54, 1.807) is 20.8 Å². The average Bonchev–Trinajstić information content (AvgIpc) is 2.54. The fourth-order valence-corrected chi connectivity index (χ4v) is 2.50. The third-order valence-corrected chi connectivity index (χ3v) is 3.38. The number of ether oxygens (including phenoxy) is 1. The molecule has 7 nitrogen and oxygen atoms in total. The summed E-state index contributed by atoms with van der Waals surface area (Å²) in [6.07, 6.45) is 0.478. The molecule has 2 amide bonds. The van der Waals surface area contributed by atoms with Crippen molar-refractivity contribution in [3.05, 3.63) is 0 Å². The van der Waals surface area contributed by atoms with E-state index in [4.69, 9.17) is 4.74 Å². The second kappa shape index (κ2) is 6.54. The van der Waals surface area contributed by atoms with Crippen molar-refractivity contribution in [2.45, 2.75) is 71.1 Å². The van der Waals surface area contributed by atoms with Gasteiger partial charge in [-0.25, -0.2) is 9.59 Å². The van der Waals surface area contributed by atoms with E-state index in [1.165, 1.54) is 0 Å². The number of aliphatic carboxylic acids is 1. The summed E-state index contributed by atoms with van der Waals surface area (Å²) in [5, 5.41) is 14.4. The van der Waals surface area contributed by atoms with Crippen LogP contribution in [-0.4, -0.2) is 40.3 Å². The van der Waals surface area contributed by atoms with Gasteiger partial charge in [0.05, 0.1) is 0 Å². The number of carboxylic acids is 1. The molecule has 0 aliphatic carbocycles. The Morgan fingerprint density at radius 3 is 2.45 bits per heavy atom. The van der Waals surface area contributed by atoms with Crippen LogP contribution in [0.25, 0.3) is 0 Å². The topological polar surface area (TPSA) is 105 Å². The predicted octanol–water partition coefficient (Wildman–Crippen LogP) is 1.66. The highest BCUT2D eigenvalue weighted by Crippen LogP contribution is 2.28. The molecule has 3 N–H and O–H groups in total. The maximum Gasteiger partial charge on any atom is 0.408 e. The Morgan fingerprint density at radius 1 is 1.45 bits per heavy atom. The summed E-state index contributed by atoms with van der Waals surface area (Å²) in [6, 6.07) is -1.06. The van der Waals surface area contributed by atoms with E-state index in [0.717, 1.165) is 0 Å². The Bertz CT molecular complexity index is 453. The van der Waals surface area contributed by atoms with Crippen LogP contribution in [0.2, 0.25) is 0 Å². The molecule has 22 heavy (non-hydrogen) atoms.